The summed E-state index contributed by atoms with van der Waals surface area (Å²) in [6, 6.07) is 5.27. The quantitative estimate of drug-likeness (QED) is 0.814. The summed E-state index contributed by atoms with van der Waals surface area (Å²) >= 11 is 11.6. The predicted molar refractivity (Wildman–Crippen MR) is 63.7 cm³/mol. The summed E-state index contributed by atoms with van der Waals surface area (Å²) in [5, 5.41) is 1.01. The third-order valence-corrected chi connectivity index (χ3v) is 2.62. The molecule has 0 spiro atoms. The normalized spacial score (nSPS) is 10.7. The largest absolute Gasteiger partial charge is 0.302 e. The van der Waals surface area contributed by atoms with Gasteiger partial charge in [-0.1, -0.05) is 29.3 Å². The van der Waals surface area contributed by atoms with Crippen LogP contribution in [0.2, 0.25) is 10.0 Å². The average Bonchev–Trinajstić information content (AvgIpc) is 2.10. The molecule has 0 fully saturated rings. The minimum Gasteiger partial charge on any atom is -0.302 e. The molecule has 1 aromatic rings. The van der Waals surface area contributed by atoms with Crippen molar-refractivity contribution in [3.05, 3.63) is 33.8 Å². The van der Waals surface area contributed by atoms with Crippen LogP contribution in [0.3, 0.4) is 0 Å². The van der Waals surface area contributed by atoms with Gasteiger partial charge in [0.15, 0.2) is 5.78 Å². The van der Waals surface area contributed by atoms with Crippen molar-refractivity contribution in [3.8, 4) is 0 Å². The van der Waals surface area contributed by atoms with E-state index in [1.807, 2.05) is 25.1 Å². The van der Waals surface area contributed by atoms with E-state index in [9.17, 15) is 4.79 Å². The molecule has 0 N–H and O–H groups in total. The van der Waals surface area contributed by atoms with Crippen LogP contribution in [0.5, 0.6) is 0 Å². The molecule has 0 aliphatic rings. The average molecular weight is 246 g/mol. The summed E-state index contributed by atoms with van der Waals surface area (Å²) in [6.07, 6.45) is 0.398. The highest BCUT2D eigenvalue weighted by molar-refractivity contribution is 6.42. The molecule has 0 atom stereocenters. The second-order valence-corrected chi connectivity index (χ2v) is 4.52. The molecule has 15 heavy (non-hydrogen) atoms. The SMILES string of the molecule is CN(C)CC(=O)Cc1ccc(Cl)c(Cl)c1. The van der Waals surface area contributed by atoms with Crippen LogP contribution in [-0.2, 0) is 11.2 Å². The molecule has 0 saturated heterocycles. The number of ketones is 1. The van der Waals surface area contributed by atoms with E-state index in [2.05, 4.69) is 0 Å². The number of hydrogen-bond donors (Lipinski definition) is 0. The Morgan fingerprint density at radius 3 is 2.47 bits per heavy atom. The smallest absolute Gasteiger partial charge is 0.151 e. The fourth-order valence-corrected chi connectivity index (χ4v) is 1.61. The third-order valence-electron chi connectivity index (χ3n) is 1.88. The van der Waals surface area contributed by atoms with Crippen LogP contribution < -0.4 is 0 Å². The maximum atomic E-state index is 11.5. The van der Waals surface area contributed by atoms with E-state index < -0.39 is 0 Å². The minimum atomic E-state index is 0.165. The maximum absolute atomic E-state index is 11.5. The van der Waals surface area contributed by atoms with Gasteiger partial charge in [0.05, 0.1) is 16.6 Å². The molecule has 2 nitrogen and oxygen atoms in total. The second kappa shape index (κ2) is 5.50. The summed E-state index contributed by atoms with van der Waals surface area (Å²) in [6.45, 7) is 0.445. The first-order valence-electron chi connectivity index (χ1n) is 4.59. The Bertz CT molecular complexity index is 364. The molecule has 4 heteroatoms. The number of rotatable bonds is 4. The number of carbonyl (C=O) groups is 1. The lowest BCUT2D eigenvalue weighted by Gasteiger charge is -2.08. The van der Waals surface area contributed by atoms with E-state index in [0.717, 1.165) is 5.56 Å². The van der Waals surface area contributed by atoms with E-state index in [4.69, 9.17) is 23.2 Å². The zero-order chi connectivity index (χ0) is 11.4. The molecule has 0 heterocycles. The maximum Gasteiger partial charge on any atom is 0.151 e. The molecule has 0 radical (unpaired) electrons. The molecule has 0 aromatic heterocycles. The van der Waals surface area contributed by atoms with Crippen LogP contribution in [-0.4, -0.2) is 31.3 Å². The van der Waals surface area contributed by atoms with Gasteiger partial charge in [0.2, 0.25) is 0 Å². The number of likely N-dealkylation sites (N-methyl/N-ethyl adjacent to an activating group) is 1. The van der Waals surface area contributed by atoms with Gasteiger partial charge in [-0.3, -0.25) is 4.79 Å². The fraction of sp³-hybridized carbons (Fsp3) is 0.364. The first-order valence-corrected chi connectivity index (χ1v) is 5.35. The molecule has 0 aliphatic heterocycles. The van der Waals surface area contributed by atoms with Crippen molar-refractivity contribution in [2.45, 2.75) is 6.42 Å². The molecule has 1 rings (SSSR count). The summed E-state index contributed by atoms with van der Waals surface area (Å²) in [4.78, 5) is 13.3. The Hall–Kier alpha value is -0.570. The molecular formula is C11H13Cl2NO. The highest BCUT2D eigenvalue weighted by Crippen LogP contribution is 2.22. The van der Waals surface area contributed by atoms with E-state index in [0.29, 0.717) is 23.0 Å². The molecule has 1 aromatic carbocycles. The van der Waals surface area contributed by atoms with Gasteiger partial charge >= 0.3 is 0 Å². The van der Waals surface area contributed by atoms with Gasteiger partial charge in [0, 0.05) is 6.42 Å². The number of benzene rings is 1. The number of carbonyl (C=O) groups excluding carboxylic acids is 1. The Morgan fingerprint density at radius 1 is 1.27 bits per heavy atom. The first-order chi connectivity index (χ1) is 6.99. The number of hydrogen-bond acceptors (Lipinski definition) is 2. The van der Waals surface area contributed by atoms with Gasteiger partial charge in [0.25, 0.3) is 0 Å². The Balaban J connectivity index is 2.65. The number of nitrogens with zero attached hydrogens (tertiary/aromatic N) is 1. The highest BCUT2D eigenvalue weighted by Gasteiger charge is 2.06. The third kappa shape index (κ3) is 4.20. The molecule has 0 saturated carbocycles. The van der Waals surface area contributed by atoms with Crippen molar-refractivity contribution in [1.82, 2.24) is 4.90 Å². The van der Waals surface area contributed by atoms with Crippen molar-refractivity contribution in [3.63, 3.8) is 0 Å². The Kier molecular flexibility index (Phi) is 4.58. The standard InChI is InChI=1S/C11H13Cl2NO/c1-14(2)7-9(15)5-8-3-4-10(12)11(13)6-8/h3-4,6H,5,7H2,1-2H3. The van der Waals surface area contributed by atoms with Crippen LogP contribution in [0.15, 0.2) is 18.2 Å². The summed E-state index contributed by atoms with van der Waals surface area (Å²) in [5.41, 5.74) is 0.899. The van der Waals surface area contributed by atoms with Gasteiger partial charge in [-0.15, -0.1) is 0 Å². The zero-order valence-corrected chi connectivity index (χ0v) is 10.3. The molecule has 0 bridgehead atoms. The molecule has 0 amide bonds. The van der Waals surface area contributed by atoms with Crippen molar-refractivity contribution in [1.29, 1.82) is 0 Å². The highest BCUT2D eigenvalue weighted by atomic mass is 35.5. The lowest BCUT2D eigenvalue weighted by atomic mass is 10.1. The van der Waals surface area contributed by atoms with Crippen LogP contribution in [0.1, 0.15) is 5.56 Å². The molecule has 82 valence electrons. The monoisotopic (exact) mass is 245 g/mol. The van der Waals surface area contributed by atoms with E-state index in [1.54, 1.807) is 12.1 Å². The fourth-order valence-electron chi connectivity index (χ4n) is 1.29. The zero-order valence-electron chi connectivity index (χ0n) is 8.76. The predicted octanol–water partition coefficient (Wildman–Crippen LogP) is 2.67. The van der Waals surface area contributed by atoms with E-state index in [-0.39, 0.29) is 5.78 Å². The van der Waals surface area contributed by atoms with Crippen LogP contribution in [0.25, 0.3) is 0 Å². The van der Waals surface area contributed by atoms with E-state index in [1.165, 1.54) is 0 Å². The van der Waals surface area contributed by atoms with E-state index >= 15 is 0 Å². The van der Waals surface area contributed by atoms with Crippen LogP contribution >= 0.6 is 23.2 Å². The lowest BCUT2D eigenvalue weighted by molar-refractivity contribution is -0.119. The lowest BCUT2D eigenvalue weighted by Crippen LogP contribution is -2.22. The molecular weight excluding hydrogens is 233 g/mol. The first kappa shape index (κ1) is 12.5. The molecule has 0 unspecified atom stereocenters. The number of halogens is 2. The van der Waals surface area contributed by atoms with Crippen LogP contribution in [0, 0.1) is 0 Å². The number of Topliss-reactive ketones (excluding diaryl/α,β-unsaturated/α-hetero) is 1. The van der Waals surface area contributed by atoms with Crippen LogP contribution in [0.4, 0.5) is 0 Å². The summed E-state index contributed by atoms with van der Waals surface area (Å²) < 4.78 is 0. The van der Waals surface area contributed by atoms with Gasteiger partial charge in [-0.25, -0.2) is 0 Å². The van der Waals surface area contributed by atoms with Gasteiger partial charge < -0.3 is 4.90 Å². The molecule has 0 aliphatic carbocycles. The topological polar surface area (TPSA) is 20.3 Å². The van der Waals surface area contributed by atoms with Gasteiger partial charge in [0.1, 0.15) is 0 Å². The Morgan fingerprint density at radius 2 is 1.93 bits per heavy atom. The minimum absolute atomic E-state index is 0.165. The van der Waals surface area contributed by atoms with Crippen molar-refractivity contribution in [2.75, 3.05) is 20.6 Å². The van der Waals surface area contributed by atoms with Gasteiger partial charge in [-0.05, 0) is 31.8 Å². The summed E-state index contributed by atoms with van der Waals surface area (Å²) in [5.74, 6) is 0.165. The van der Waals surface area contributed by atoms with Crippen molar-refractivity contribution in [2.24, 2.45) is 0 Å². The van der Waals surface area contributed by atoms with Gasteiger partial charge in [-0.2, -0.15) is 0 Å². The van der Waals surface area contributed by atoms with Crippen molar-refractivity contribution < 1.29 is 4.79 Å². The second-order valence-electron chi connectivity index (χ2n) is 3.70. The van der Waals surface area contributed by atoms with Crippen molar-refractivity contribution >= 4 is 29.0 Å². The Labute approximate surface area is 99.8 Å². The summed E-state index contributed by atoms with van der Waals surface area (Å²) in [7, 11) is 3.74.